The quantitative estimate of drug-likeness (QED) is 0.0792. The summed E-state index contributed by atoms with van der Waals surface area (Å²) in [6.45, 7) is 4.26. The molecule has 0 heterocycles. The van der Waals surface area contributed by atoms with Crippen molar-refractivity contribution in [1.29, 1.82) is 0 Å². The average molecular weight is 773 g/mol. The topological polar surface area (TPSA) is 148 Å². The van der Waals surface area contributed by atoms with Gasteiger partial charge in [0.05, 0.1) is 5.71 Å². The van der Waals surface area contributed by atoms with Crippen LogP contribution in [-0.4, -0.2) is 59.6 Å². The van der Waals surface area contributed by atoms with Gasteiger partial charge >= 0.3 is 190 Å². The predicted molar refractivity (Wildman–Crippen MR) is 179 cm³/mol. The van der Waals surface area contributed by atoms with Gasteiger partial charge in [-0.25, -0.2) is 0 Å². The second-order valence-corrected chi connectivity index (χ2v) is 17.1. The van der Waals surface area contributed by atoms with Crippen LogP contribution in [0.3, 0.4) is 0 Å². The molecule has 10 nitrogen and oxygen atoms in total. The summed E-state index contributed by atoms with van der Waals surface area (Å²) >= 11 is -1.03. The van der Waals surface area contributed by atoms with Crippen LogP contribution in [0.4, 0.5) is 0 Å². The molecule has 47 heavy (non-hydrogen) atoms. The number of benzene rings is 2. The summed E-state index contributed by atoms with van der Waals surface area (Å²) in [4.78, 5) is 41.0. The average Bonchev–Trinajstić information content (AvgIpc) is 3.74. The number of halogens is 1. The minimum atomic E-state index is -3.73. The number of alkyl halides is 1. The van der Waals surface area contributed by atoms with Crippen molar-refractivity contribution in [3.05, 3.63) is 81.1 Å². The summed E-state index contributed by atoms with van der Waals surface area (Å²) in [5.74, 6) is -2.19. The van der Waals surface area contributed by atoms with Gasteiger partial charge in [-0.1, -0.05) is 48.6 Å². The Balaban J connectivity index is 1.05. The summed E-state index contributed by atoms with van der Waals surface area (Å²) in [6.07, 6.45) is 10.7. The first-order valence-corrected chi connectivity index (χ1v) is 20.1. The summed E-state index contributed by atoms with van der Waals surface area (Å²) < 4.78 is 27.2. The monoisotopic (exact) mass is 772 g/mol. The van der Waals surface area contributed by atoms with Crippen LogP contribution in [0.15, 0.2) is 64.4 Å². The van der Waals surface area contributed by atoms with Crippen LogP contribution in [0.25, 0.3) is 17.2 Å². The number of amides is 3. The first-order chi connectivity index (χ1) is 22.6. The van der Waals surface area contributed by atoms with Gasteiger partial charge in [-0.3, -0.25) is 0 Å². The molecule has 0 radical (unpaired) electrons. The van der Waals surface area contributed by atoms with E-state index in [1.807, 2.05) is 42.5 Å². The Morgan fingerprint density at radius 2 is 1.74 bits per heavy atom. The van der Waals surface area contributed by atoms with Gasteiger partial charge in [0.25, 0.3) is 0 Å². The van der Waals surface area contributed by atoms with E-state index < -0.39 is 58.3 Å². The molecule has 12 heteroatoms. The van der Waals surface area contributed by atoms with Crippen LogP contribution in [0.1, 0.15) is 74.5 Å². The second kappa shape index (κ2) is 15.6. The number of rotatable bonds is 15. The number of hydrogen-bond acceptors (Lipinski definition) is 7. The molecule has 0 spiro atoms. The fourth-order valence-corrected chi connectivity index (χ4v) is 9.37. The molecule has 252 valence electrons. The third-order valence-electron chi connectivity index (χ3n) is 9.00. The van der Waals surface area contributed by atoms with Gasteiger partial charge in [0.1, 0.15) is 0 Å². The molecule has 5 rings (SSSR count). The van der Waals surface area contributed by atoms with E-state index in [0.717, 1.165) is 59.9 Å². The molecule has 0 bridgehead atoms. The molecule has 3 unspecified atom stereocenters. The van der Waals surface area contributed by atoms with E-state index in [1.54, 1.807) is 16.0 Å². The summed E-state index contributed by atoms with van der Waals surface area (Å²) in [7, 11) is -1.96. The van der Waals surface area contributed by atoms with Crippen LogP contribution >= 0.6 is 0 Å². The van der Waals surface area contributed by atoms with E-state index >= 15 is 0 Å². The van der Waals surface area contributed by atoms with Crippen molar-refractivity contribution in [2.45, 2.75) is 67.1 Å². The van der Waals surface area contributed by atoms with E-state index in [4.69, 9.17) is 0 Å². The van der Waals surface area contributed by atoms with Crippen LogP contribution in [0.5, 0.6) is 0 Å². The molecule has 0 saturated heterocycles. The van der Waals surface area contributed by atoms with E-state index in [9.17, 15) is 28.0 Å². The van der Waals surface area contributed by atoms with Gasteiger partial charge in [0.2, 0.25) is 0 Å². The van der Waals surface area contributed by atoms with Crippen molar-refractivity contribution >= 4 is 39.5 Å². The molecule has 2 aromatic carbocycles. The van der Waals surface area contributed by atoms with Crippen molar-refractivity contribution in [2.75, 3.05) is 13.6 Å². The first kappa shape index (κ1) is 34.8. The SMILES string of the molecule is C=C[I-]C(NC(=O)C1CCCC1C(=O)N(C)CCCCC/C=C/c1ccc2c(c1)/C(=N\[O-])c1ccccc1-2)C(=O)NS(=O)(=O)C1CC1. The van der Waals surface area contributed by atoms with Crippen molar-refractivity contribution in [3.63, 3.8) is 0 Å². The number of carbonyl (C=O) groups is 3. The van der Waals surface area contributed by atoms with Crippen molar-refractivity contribution in [3.8, 4) is 11.1 Å². The third-order valence-corrected chi connectivity index (χ3v) is 12.9. The Morgan fingerprint density at radius 1 is 1.02 bits per heavy atom. The first-order valence-electron chi connectivity index (χ1n) is 16.1. The number of nitrogens with zero attached hydrogens (tertiary/aromatic N) is 2. The van der Waals surface area contributed by atoms with Gasteiger partial charge in [0, 0.05) is 11.1 Å². The van der Waals surface area contributed by atoms with Gasteiger partial charge in [-0.2, -0.15) is 0 Å². The molecule has 2 fully saturated rings. The predicted octanol–water partition coefficient (Wildman–Crippen LogP) is 1.73. The second-order valence-electron chi connectivity index (χ2n) is 12.3. The molecule has 2 aromatic rings. The van der Waals surface area contributed by atoms with Gasteiger partial charge < -0.3 is 10.4 Å². The van der Waals surface area contributed by atoms with E-state index in [1.165, 1.54) is 0 Å². The summed E-state index contributed by atoms with van der Waals surface area (Å²) in [6, 6.07) is 13.9. The maximum absolute atomic E-state index is 13.3. The number of allylic oxidation sites excluding steroid dienone is 1. The number of carbonyl (C=O) groups excluding carboxylic acids is 3. The minimum absolute atomic E-state index is 0.0713. The molecular weight excluding hydrogens is 731 g/mol. The molecule has 3 aliphatic rings. The van der Waals surface area contributed by atoms with Gasteiger partial charge in [0.15, 0.2) is 0 Å². The number of fused-ring (bicyclic) bond motifs is 3. The van der Waals surface area contributed by atoms with Gasteiger partial charge in [-0.15, -0.1) is 0 Å². The van der Waals surface area contributed by atoms with Crippen molar-refractivity contribution in [1.82, 2.24) is 14.9 Å². The van der Waals surface area contributed by atoms with Crippen LogP contribution in [0.2, 0.25) is 0 Å². The molecule has 2 saturated carbocycles. The maximum atomic E-state index is 13.3. The Hall–Kier alpha value is -3.52. The van der Waals surface area contributed by atoms with E-state index in [2.05, 4.69) is 33.9 Å². The molecule has 3 atom stereocenters. The summed E-state index contributed by atoms with van der Waals surface area (Å²) in [5, 5.41) is 17.1. The zero-order valence-electron chi connectivity index (χ0n) is 26.5. The zero-order valence-corrected chi connectivity index (χ0v) is 29.5. The van der Waals surface area contributed by atoms with Crippen molar-refractivity contribution < 1.29 is 44.0 Å². The molecule has 0 aliphatic heterocycles. The Kier molecular flexibility index (Phi) is 11.5. The Morgan fingerprint density at radius 3 is 2.47 bits per heavy atom. The van der Waals surface area contributed by atoms with E-state index in [-0.39, 0.29) is 11.8 Å². The normalized spacial score (nSPS) is 20.1. The van der Waals surface area contributed by atoms with E-state index in [0.29, 0.717) is 37.9 Å². The Labute approximate surface area is 287 Å². The van der Waals surface area contributed by atoms with Crippen molar-refractivity contribution in [2.24, 2.45) is 17.0 Å². The molecule has 0 aromatic heterocycles. The van der Waals surface area contributed by atoms with Gasteiger partial charge in [-0.05, 0) is 22.8 Å². The molecule has 3 amide bonds. The number of unbranched alkanes of at least 4 members (excludes halogenated alkanes) is 3. The van der Waals surface area contributed by atoms with Crippen LogP contribution in [-0.2, 0) is 24.4 Å². The fourth-order valence-electron chi connectivity index (χ4n) is 6.36. The standard InChI is InChI=1S/C35H42IN4O6S/c1-3-36-32(34(42)39-47(45,46)24-18-19-24)37-33(41)28-15-11-16-29(28)35(43)40(2)21-10-6-4-5-7-12-23-17-20-26-25-13-8-9-14-27(25)31(38-44)30(26)22-23/h3,7-9,12-14,17,20,22,24,28-29,32,44H,1,4-6,10-11,15-16,18-19,21H2,2H3,(H,37,41)(H,39,42)/q-1/p-1/b12-7+,38-31-. The fraction of sp³-hybridized carbons (Fsp3) is 0.429. The number of hydrogen-bond donors (Lipinski definition) is 2. The molecule has 3 aliphatic carbocycles. The molecule has 2 N–H and O–H groups in total. The summed E-state index contributed by atoms with van der Waals surface area (Å²) in [5.41, 5.74) is 5.29. The Bertz CT molecular complexity index is 1690. The third kappa shape index (κ3) is 8.32. The number of nitrogens with one attached hydrogen (secondary N) is 2. The molecular formula is C35H41IN4O6S-2. The van der Waals surface area contributed by atoms with Crippen LogP contribution in [0, 0.1) is 17.0 Å². The zero-order chi connectivity index (χ0) is 33.6. The van der Waals surface area contributed by atoms with Crippen LogP contribution < -0.4 is 31.2 Å². The number of sulfonamides is 1.